The molecule has 7 unspecified atom stereocenters. The normalized spacial score (nSPS) is 42.2. The molecule has 1 N–H and O–H groups in total. The highest BCUT2D eigenvalue weighted by atomic mass is 16.4. The molecule has 3 fully saturated rings. The lowest BCUT2D eigenvalue weighted by Gasteiger charge is -2.63. The van der Waals surface area contributed by atoms with Gasteiger partial charge >= 0.3 is 5.97 Å². The first-order chi connectivity index (χ1) is 15.7. The van der Waals surface area contributed by atoms with Crippen LogP contribution in [0.3, 0.4) is 0 Å². The van der Waals surface area contributed by atoms with E-state index < -0.39 is 5.97 Å². The van der Waals surface area contributed by atoms with Crippen molar-refractivity contribution in [1.82, 2.24) is 0 Å². The van der Waals surface area contributed by atoms with Crippen molar-refractivity contribution < 1.29 is 19.5 Å². The van der Waals surface area contributed by atoms with Crippen LogP contribution in [0.4, 0.5) is 0 Å². The summed E-state index contributed by atoms with van der Waals surface area (Å²) in [5, 5.41) is 9.12. The number of allylic oxidation sites excluding steroid dienone is 3. The first-order valence-corrected chi connectivity index (χ1v) is 13.4. The van der Waals surface area contributed by atoms with Crippen LogP contribution < -0.4 is 0 Å². The van der Waals surface area contributed by atoms with Gasteiger partial charge in [-0.2, -0.15) is 0 Å². The third kappa shape index (κ3) is 3.49. The highest BCUT2D eigenvalue weighted by Crippen LogP contribution is 2.73. The minimum Gasteiger partial charge on any atom is -0.478 e. The second-order valence-corrected chi connectivity index (χ2v) is 13.4. The van der Waals surface area contributed by atoms with Crippen LogP contribution in [0.1, 0.15) is 99.8 Å². The van der Waals surface area contributed by atoms with Crippen molar-refractivity contribution in [2.45, 2.75) is 99.8 Å². The maximum absolute atomic E-state index is 12.8. The van der Waals surface area contributed by atoms with E-state index in [-0.39, 0.29) is 38.9 Å². The van der Waals surface area contributed by atoms with Gasteiger partial charge in [0.05, 0.1) is 0 Å². The quantitative estimate of drug-likeness (QED) is 0.356. The number of carboxylic acids is 1. The third-order valence-corrected chi connectivity index (χ3v) is 11.6. The Morgan fingerprint density at radius 3 is 2.44 bits per heavy atom. The van der Waals surface area contributed by atoms with E-state index >= 15 is 0 Å². The first-order valence-electron chi connectivity index (χ1n) is 13.4. The minimum absolute atomic E-state index is 0.0698. The van der Waals surface area contributed by atoms with Crippen LogP contribution in [-0.4, -0.2) is 22.6 Å². The van der Waals surface area contributed by atoms with Gasteiger partial charge in [-0.25, -0.2) is 4.79 Å². The summed E-state index contributed by atoms with van der Waals surface area (Å²) in [4.78, 5) is 36.5. The van der Waals surface area contributed by atoms with Gasteiger partial charge in [-0.3, -0.25) is 9.59 Å². The topological polar surface area (TPSA) is 71.4 Å². The van der Waals surface area contributed by atoms with Gasteiger partial charge < -0.3 is 5.11 Å². The van der Waals surface area contributed by atoms with Crippen LogP contribution in [-0.2, 0) is 14.4 Å². The summed E-state index contributed by atoms with van der Waals surface area (Å²) in [6.07, 6.45) is 11.6. The molecular formula is C30H44O4. The summed E-state index contributed by atoms with van der Waals surface area (Å²) in [5.74, 6) is 0.993. The third-order valence-electron chi connectivity index (χ3n) is 11.6. The Hall–Kier alpha value is -1.71. The van der Waals surface area contributed by atoms with Gasteiger partial charge in [0.25, 0.3) is 0 Å². The molecule has 0 radical (unpaired) electrons. The van der Waals surface area contributed by atoms with E-state index in [1.54, 1.807) is 5.57 Å². The number of carbonyl (C=O) groups is 3. The van der Waals surface area contributed by atoms with E-state index in [0.29, 0.717) is 36.4 Å². The molecule has 7 atom stereocenters. The molecule has 4 aliphatic carbocycles. The average molecular weight is 469 g/mol. The summed E-state index contributed by atoms with van der Waals surface area (Å²) in [7, 11) is 0. The van der Waals surface area contributed by atoms with Crippen molar-refractivity contribution >= 4 is 17.5 Å². The lowest BCUT2D eigenvalue weighted by Crippen LogP contribution is -2.57. The Morgan fingerprint density at radius 1 is 1.12 bits per heavy atom. The molecule has 0 aromatic heterocycles. The van der Waals surface area contributed by atoms with Crippen molar-refractivity contribution in [3.63, 3.8) is 0 Å². The molecule has 0 saturated heterocycles. The molecule has 34 heavy (non-hydrogen) atoms. The standard InChI is InChI=1S/C30H44O4/c1-18(16-20(31)17-19(2)26(33)34)21-10-14-30(7)23-8-9-24-27(3,4)25(32)12-13-28(24,5)22(23)11-15-29(21,30)6/h8,17-18,21-22,24H,9-16H2,1-7H3,(H,33,34). The number of rotatable bonds is 5. The zero-order valence-electron chi connectivity index (χ0n) is 22.3. The lowest BCUT2D eigenvalue weighted by molar-refractivity contribution is -0.146. The predicted octanol–water partition coefficient (Wildman–Crippen LogP) is 6.79. The molecule has 0 aromatic carbocycles. The van der Waals surface area contributed by atoms with E-state index in [9.17, 15) is 14.4 Å². The molecule has 4 heteroatoms. The van der Waals surface area contributed by atoms with Gasteiger partial charge in [0.15, 0.2) is 5.78 Å². The van der Waals surface area contributed by atoms with Gasteiger partial charge in [0.1, 0.15) is 5.78 Å². The zero-order chi connectivity index (χ0) is 25.3. The molecule has 0 aliphatic heterocycles. The number of Topliss-reactive ketones (excluding diaryl/α,β-unsaturated/α-hetero) is 1. The number of carboxylic acid groups (broad SMARTS) is 1. The molecule has 4 aliphatic rings. The number of ketones is 2. The van der Waals surface area contributed by atoms with Crippen LogP contribution >= 0.6 is 0 Å². The maximum atomic E-state index is 12.8. The highest BCUT2D eigenvalue weighted by Gasteiger charge is 2.65. The number of hydrogen-bond acceptors (Lipinski definition) is 3. The van der Waals surface area contributed by atoms with Crippen molar-refractivity contribution in [3.8, 4) is 0 Å². The summed E-state index contributed by atoms with van der Waals surface area (Å²) < 4.78 is 0. The smallest absolute Gasteiger partial charge is 0.331 e. The lowest BCUT2D eigenvalue weighted by atomic mass is 9.41. The van der Waals surface area contributed by atoms with E-state index in [4.69, 9.17) is 5.11 Å². The monoisotopic (exact) mass is 468 g/mol. The molecule has 0 amide bonds. The second-order valence-electron chi connectivity index (χ2n) is 13.4. The maximum Gasteiger partial charge on any atom is 0.331 e. The molecule has 4 nitrogen and oxygen atoms in total. The van der Waals surface area contributed by atoms with E-state index in [2.05, 4.69) is 47.6 Å². The summed E-state index contributed by atoms with van der Waals surface area (Å²) in [6, 6.07) is 0. The predicted molar refractivity (Wildman–Crippen MR) is 134 cm³/mol. The molecule has 0 bridgehead atoms. The minimum atomic E-state index is -1.02. The number of aliphatic carboxylic acids is 1. The Morgan fingerprint density at radius 2 is 1.79 bits per heavy atom. The summed E-state index contributed by atoms with van der Waals surface area (Å²) >= 11 is 0. The largest absolute Gasteiger partial charge is 0.478 e. The van der Waals surface area contributed by atoms with E-state index in [1.165, 1.54) is 19.4 Å². The van der Waals surface area contributed by atoms with E-state index in [1.807, 2.05) is 0 Å². The Kier molecular flexibility index (Phi) is 6.10. The molecule has 0 aromatic rings. The number of fused-ring (bicyclic) bond motifs is 5. The van der Waals surface area contributed by atoms with Gasteiger partial charge in [-0.1, -0.05) is 53.2 Å². The highest BCUT2D eigenvalue weighted by molar-refractivity contribution is 5.98. The zero-order valence-corrected chi connectivity index (χ0v) is 22.3. The van der Waals surface area contributed by atoms with Crippen LogP contribution in [0.5, 0.6) is 0 Å². The van der Waals surface area contributed by atoms with Crippen LogP contribution in [0.15, 0.2) is 23.3 Å². The summed E-state index contributed by atoms with van der Waals surface area (Å²) in [6.45, 7) is 15.5. The molecular weight excluding hydrogens is 424 g/mol. The fourth-order valence-electron chi connectivity index (χ4n) is 9.29. The SMILES string of the molecule is CC(=CC(=O)CC(C)C1CCC2(C)C3=CCC4C(C)(C)C(=O)CCC4(C)C3CCC12C)C(=O)O. The second kappa shape index (κ2) is 8.17. The van der Waals surface area contributed by atoms with Crippen LogP contribution in [0.2, 0.25) is 0 Å². The Balaban J connectivity index is 1.61. The first kappa shape index (κ1) is 25.4. The van der Waals surface area contributed by atoms with Gasteiger partial charge in [0.2, 0.25) is 0 Å². The fourth-order valence-corrected chi connectivity index (χ4v) is 9.29. The van der Waals surface area contributed by atoms with Crippen LogP contribution in [0, 0.1) is 45.3 Å². The van der Waals surface area contributed by atoms with Crippen molar-refractivity contribution in [2.24, 2.45) is 45.3 Å². The van der Waals surface area contributed by atoms with Crippen molar-refractivity contribution in [3.05, 3.63) is 23.3 Å². The van der Waals surface area contributed by atoms with Crippen molar-refractivity contribution in [1.29, 1.82) is 0 Å². The Labute approximate surface area is 205 Å². The number of carbonyl (C=O) groups excluding carboxylic acids is 2. The van der Waals surface area contributed by atoms with Gasteiger partial charge in [0, 0.05) is 23.8 Å². The molecule has 188 valence electrons. The molecule has 0 spiro atoms. The molecule has 4 rings (SSSR count). The fraction of sp³-hybridized carbons (Fsp3) is 0.767. The Bertz CT molecular complexity index is 970. The van der Waals surface area contributed by atoms with Crippen LogP contribution in [0.25, 0.3) is 0 Å². The molecule has 0 heterocycles. The van der Waals surface area contributed by atoms with Gasteiger partial charge in [-0.05, 0) is 91.4 Å². The van der Waals surface area contributed by atoms with Crippen molar-refractivity contribution in [2.75, 3.05) is 0 Å². The molecule has 3 saturated carbocycles. The summed E-state index contributed by atoms with van der Waals surface area (Å²) in [5.41, 5.74) is 1.97. The number of hydrogen-bond donors (Lipinski definition) is 1. The average Bonchev–Trinajstić information content (AvgIpc) is 3.02. The van der Waals surface area contributed by atoms with Gasteiger partial charge in [-0.15, -0.1) is 0 Å². The van der Waals surface area contributed by atoms with E-state index in [0.717, 1.165) is 32.1 Å².